The molecule has 0 aliphatic heterocycles. The fraction of sp³-hybridized carbons (Fsp3) is 0.610. The fourth-order valence-electron chi connectivity index (χ4n) is 6.09. The molecule has 9 atom stereocenters. The maximum atomic E-state index is 13.8. The Morgan fingerprint density at radius 3 is 1.39 bits per heavy atom. The smallest absolute Gasteiger partial charge is 0.326 e. The lowest BCUT2D eigenvalue weighted by molar-refractivity contribution is -0.142. The van der Waals surface area contributed by atoms with Crippen LogP contribution >= 0.6 is 48.8 Å². The van der Waals surface area contributed by atoms with E-state index >= 15 is 0 Å². The van der Waals surface area contributed by atoms with Crippen molar-refractivity contribution in [3.8, 4) is 5.75 Å². The highest BCUT2D eigenvalue weighted by Crippen LogP contribution is 2.13. The van der Waals surface area contributed by atoms with Crippen molar-refractivity contribution in [2.24, 2.45) is 17.2 Å². The Morgan fingerprint density at radius 2 is 0.943 bits per heavy atom. The number of nitrogens with one attached hydrogen (secondary N) is 8. The van der Waals surface area contributed by atoms with Crippen LogP contribution in [0.15, 0.2) is 24.3 Å². The second-order valence-corrected chi connectivity index (χ2v) is 18.3. The van der Waals surface area contributed by atoms with Crippen LogP contribution in [0.25, 0.3) is 0 Å². The van der Waals surface area contributed by atoms with Gasteiger partial charge in [0.1, 0.15) is 54.1 Å². The molecule has 18 N–H and O–H groups in total. The highest BCUT2D eigenvalue weighted by Gasteiger charge is 2.35. The Bertz CT molecular complexity index is 1910. The lowest BCUT2D eigenvalue weighted by Crippen LogP contribution is -2.62. The molecule has 0 fully saturated rings. The zero-order valence-electron chi connectivity index (χ0n) is 38.7. The molecule has 0 radical (unpaired) electrons. The van der Waals surface area contributed by atoms with Gasteiger partial charge in [-0.1, -0.05) is 18.6 Å². The van der Waals surface area contributed by atoms with Crippen molar-refractivity contribution in [2.75, 3.05) is 55.3 Å². The third-order valence-corrected chi connectivity index (χ3v) is 12.1. The number of rotatable bonds is 35. The largest absolute Gasteiger partial charge is 0.508 e. The number of aromatic hydroxyl groups is 1. The van der Waals surface area contributed by atoms with E-state index in [2.05, 4.69) is 67.8 Å². The summed E-state index contributed by atoms with van der Waals surface area (Å²) in [6, 6.07) is -7.42. The summed E-state index contributed by atoms with van der Waals surface area (Å²) in [5.41, 5.74) is 17.5. The summed E-state index contributed by atoms with van der Waals surface area (Å²) in [7, 11) is 0. The number of hydrogen-bond donors (Lipinski definition) is 17. The average molecular weight is 1070 g/mol. The van der Waals surface area contributed by atoms with Crippen LogP contribution < -0.4 is 59.7 Å². The molecule has 0 saturated carbocycles. The number of thiol groups is 2. The number of carboxylic acid groups (broad SMARTS) is 1. The minimum Gasteiger partial charge on any atom is -0.508 e. The van der Waals surface area contributed by atoms with E-state index in [-0.39, 0.29) is 37.2 Å². The van der Waals surface area contributed by atoms with Gasteiger partial charge < -0.3 is 80.2 Å². The zero-order chi connectivity index (χ0) is 52.9. The average Bonchev–Trinajstić information content (AvgIpc) is 3.32. The summed E-state index contributed by atoms with van der Waals surface area (Å²) < 4.78 is 0. The lowest BCUT2D eigenvalue weighted by atomic mass is 10.0. The number of primary amides is 1. The first kappa shape index (κ1) is 63.0. The molecule has 70 heavy (non-hydrogen) atoms. The number of aliphatic hydroxyl groups excluding tert-OH is 2. The number of nitrogens with two attached hydrogens (primary N) is 3. The van der Waals surface area contributed by atoms with Gasteiger partial charge in [-0.3, -0.25) is 43.2 Å². The minimum absolute atomic E-state index is 0.0328. The Kier molecular flexibility index (Phi) is 30.9. The molecule has 25 nitrogen and oxygen atoms in total. The molecular formula is C41H67N11O14S4. The maximum absolute atomic E-state index is 13.8. The highest BCUT2D eigenvalue weighted by atomic mass is 32.2. The van der Waals surface area contributed by atoms with Crippen molar-refractivity contribution in [1.82, 2.24) is 42.5 Å². The van der Waals surface area contributed by atoms with Crippen LogP contribution in [0.2, 0.25) is 0 Å². The van der Waals surface area contributed by atoms with Gasteiger partial charge in [-0.25, -0.2) is 4.79 Å². The molecule has 0 bridgehead atoms. The van der Waals surface area contributed by atoms with Gasteiger partial charge in [-0.2, -0.15) is 48.8 Å². The first-order chi connectivity index (χ1) is 33.2. The number of hydrogen-bond acceptors (Lipinski definition) is 19. The second-order valence-electron chi connectivity index (χ2n) is 15.6. The molecule has 0 spiro atoms. The van der Waals surface area contributed by atoms with Crippen LogP contribution in [-0.2, 0) is 54.4 Å². The molecule has 0 aliphatic rings. The number of aliphatic hydroxyl groups is 2. The number of carboxylic acids is 1. The predicted molar refractivity (Wildman–Crippen MR) is 267 cm³/mol. The summed E-state index contributed by atoms with van der Waals surface area (Å²) in [5.74, 6) is -10.4. The van der Waals surface area contributed by atoms with E-state index in [9.17, 15) is 68.4 Å². The predicted octanol–water partition coefficient (Wildman–Crippen LogP) is -5.42. The minimum atomic E-state index is -1.88. The van der Waals surface area contributed by atoms with Crippen LogP contribution in [0, 0.1) is 0 Å². The van der Waals surface area contributed by atoms with Crippen molar-refractivity contribution >= 4 is 108 Å². The number of aliphatic carboxylic acids is 1. The van der Waals surface area contributed by atoms with E-state index in [1.54, 1.807) is 12.5 Å². The van der Waals surface area contributed by atoms with Crippen molar-refractivity contribution in [3.63, 3.8) is 0 Å². The normalized spacial score (nSPS) is 14.9. The molecule has 0 unspecified atom stereocenters. The van der Waals surface area contributed by atoms with Gasteiger partial charge in [-0.05, 0) is 73.9 Å². The summed E-state index contributed by atoms with van der Waals surface area (Å²) in [6.45, 7) is -1.79. The molecule has 0 saturated heterocycles. The molecule has 394 valence electrons. The van der Waals surface area contributed by atoms with E-state index in [0.717, 1.165) is 0 Å². The lowest BCUT2D eigenvalue weighted by Gasteiger charge is -2.27. The van der Waals surface area contributed by atoms with Crippen LogP contribution in [0.5, 0.6) is 5.75 Å². The van der Waals surface area contributed by atoms with E-state index < -0.39 is 139 Å². The van der Waals surface area contributed by atoms with Crippen molar-refractivity contribution in [3.05, 3.63) is 29.8 Å². The van der Waals surface area contributed by atoms with Gasteiger partial charge >= 0.3 is 5.97 Å². The monoisotopic (exact) mass is 1070 g/mol. The van der Waals surface area contributed by atoms with E-state index in [4.69, 9.17) is 17.2 Å². The highest BCUT2D eigenvalue weighted by molar-refractivity contribution is 7.98. The number of phenolic OH excluding ortho intramolecular Hbond substituents is 1. The molecule has 29 heteroatoms. The number of thioether (sulfide) groups is 2. The van der Waals surface area contributed by atoms with Gasteiger partial charge in [-0.15, -0.1) is 0 Å². The van der Waals surface area contributed by atoms with Gasteiger partial charge in [0.2, 0.25) is 53.2 Å². The Balaban J connectivity index is 3.19. The van der Waals surface area contributed by atoms with E-state index in [1.807, 2.05) is 0 Å². The number of unbranched alkanes of at least 4 members (excludes halogenated alkanes) is 1. The molecule has 0 aliphatic carbocycles. The summed E-state index contributed by atoms with van der Waals surface area (Å²) in [5, 5.41) is 57.8. The molecular weight excluding hydrogens is 999 g/mol. The second kappa shape index (κ2) is 34.3. The first-order valence-electron chi connectivity index (χ1n) is 21.8. The van der Waals surface area contributed by atoms with Crippen LogP contribution in [0.3, 0.4) is 0 Å². The summed E-state index contributed by atoms with van der Waals surface area (Å²) >= 11 is 10.9. The van der Waals surface area contributed by atoms with E-state index in [0.29, 0.717) is 36.5 Å². The third-order valence-electron chi connectivity index (χ3n) is 10.1. The molecule has 1 rings (SSSR count). The fourth-order valence-corrected chi connectivity index (χ4v) is 7.54. The topological polar surface area (TPSA) is 426 Å². The Hall–Kier alpha value is -5.04. The molecule has 1 aromatic carbocycles. The van der Waals surface area contributed by atoms with Crippen molar-refractivity contribution < 1.29 is 68.4 Å². The number of phenols is 1. The van der Waals surface area contributed by atoms with Crippen molar-refractivity contribution in [2.45, 2.75) is 99.3 Å². The van der Waals surface area contributed by atoms with Crippen LogP contribution in [0.1, 0.15) is 44.1 Å². The number of amides is 9. The molecule has 0 aromatic heterocycles. The molecule has 9 amide bonds. The van der Waals surface area contributed by atoms with Gasteiger partial charge in [0.05, 0.1) is 25.7 Å². The van der Waals surface area contributed by atoms with Crippen LogP contribution in [0.4, 0.5) is 0 Å². The van der Waals surface area contributed by atoms with Gasteiger partial charge in [0, 0.05) is 17.9 Å². The van der Waals surface area contributed by atoms with Crippen molar-refractivity contribution in [1.29, 1.82) is 0 Å². The number of benzene rings is 1. The van der Waals surface area contributed by atoms with Gasteiger partial charge in [0.15, 0.2) is 0 Å². The number of carbonyl (C=O) groups is 10. The third kappa shape index (κ3) is 23.3. The maximum Gasteiger partial charge on any atom is 0.326 e. The molecule has 1 aromatic rings. The standard InChI is InChI=1S/C41H67N11O14S4/c1-69-13-10-24(45-35(59)26(15-21-6-8-22(55)9-7-21)47-33(57)23(43)5-3-4-12-42)34(58)51-31(20-68)40(64)48-27(16-32(44)56)36(60)49-28(17-53)37(61)50-29(18-54)38(62)52-30(19-67)39(63)46-25(41(65)66)11-14-70-2/h6-9,23-31,53-55,67-68H,3-5,10-20,42-43H2,1-2H3,(H2,44,56)(H,45,59)(H,46,63)(H,47,57)(H,48,64)(H,49,60)(H,50,61)(H,51,58)(H,52,62)(H,65,66)/t23-,24-,25-,26-,27-,28-,29-,30-,31-/m0/s1. The van der Waals surface area contributed by atoms with E-state index in [1.165, 1.54) is 47.8 Å². The first-order valence-corrected chi connectivity index (χ1v) is 25.8. The number of carbonyl (C=O) groups excluding carboxylic acids is 9. The zero-order valence-corrected chi connectivity index (χ0v) is 42.1. The van der Waals surface area contributed by atoms with Gasteiger partial charge in [0.25, 0.3) is 0 Å². The molecule has 0 heterocycles. The SMILES string of the molecule is CSCC[C@H](NC(=O)[C@H](CS)NC(=O)[C@H](CO)NC(=O)[C@H](CO)NC(=O)[C@H](CC(N)=O)NC(=O)[C@H](CS)NC(=O)[C@H](CCSC)NC(=O)[C@H](Cc1ccc(O)cc1)NC(=O)[C@@H](N)CCCCN)C(=O)O. The Labute approximate surface area is 424 Å². The van der Waals surface area contributed by atoms with Crippen LogP contribution in [-0.4, -0.2) is 189 Å². The summed E-state index contributed by atoms with van der Waals surface area (Å²) in [6.07, 6.45) is 4.11. The summed E-state index contributed by atoms with van der Waals surface area (Å²) in [4.78, 5) is 130. The Morgan fingerprint density at radius 1 is 0.557 bits per heavy atom. The quantitative estimate of drug-likeness (QED) is 0.0223.